The second-order valence-electron chi connectivity index (χ2n) is 7.96. The van der Waals surface area contributed by atoms with Crippen LogP contribution in [0.3, 0.4) is 0 Å². The van der Waals surface area contributed by atoms with Crippen LogP contribution in [-0.4, -0.2) is 51.9 Å². The van der Waals surface area contributed by atoms with Gasteiger partial charge < -0.3 is 15.0 Å². The van der Waals surface area contributed by atoms with Crippen molar-refractivity contribution in [1.29, 1.82) is 0 Å². The lowest BCUT2D eigenvalue weighted by atomic mass is 9.97. The normalized spacial score (nSPS) is 16.6. The summed E-state index contributed by atoms with van der Waals surface area (Å²) in [6.45, 7) is 3.64. The van der Waals surface area contributed by atoms with E-state index < -0.39 is 5.97 Å². The molecule has 1 aliphatic heterocycles. The Labute approximate surface area is 184 Å². The van der Waals surface area contributed by atoms with E-state index in [4.69, 9.17) is 4.74 Å². The zero-order chi connectivity index (χ0) is 22.7. The van der Waals surface area contributed by atoms with Crippen LogP contribution in [0.25, 0.3) is 10.9 Å². The lowest BCUT2D eigenvalue weighted by Crippen LogP contribution is -2.40. The Balaban J connectivity index is 1.47. The molecule has 0 bridgehead atoms. The van der Waals surface area contributed by atoms with Crippen molar-refractivity contribution in [3.63, 3.8) is 0 Å². The van der Waals surface area contributed by atoms with E-state index in [1.165, 1.54) is 7.11 Å². The van der Waals surface area contributed by atoms with Gasteiger partial charge >= 0.3 is 5.97 Å². The van der Waals surface area contributed by atoms with E-state index in [-0.39, 0.29) is 17.4 Å². The van der Waals surface area contributed by atoms with Crippen molar-refractivity contribution < 1.29 is 14.3 Å². The van der Waals surface area contributed by atoms with Gasteiger partial charge in [-0.2, -0.15) is 0 Å². The molecule has 166 valence electrons. The van der Waals surface area contributed by atoms with Crippen LogP contribution in [0.2, 0.25) is 0 Å². The number of esters is 1. The van der Waals surface area contributed by atoms with Crippen molar-refractivity contribution in [2.75, 3.05) is 25.5 Å². The second kappa shape index (κ2) is 9.27. The SMILES string of the molecule is COC(=O)c1ccc2c(=O)[nH]c(CN3CCCC(C(=O)Nc4cccc(C)n4)C3)nc2c1. The van der Waals surface area contributed by atoms with Crippen LogP contribution in [0.5, 0.6) is 0 Å². The van der Waals surface area contributed by atoms with Gasteiger partial charge in [-0.25, -0.2) is 14.8 Å². The molecular formula is C23H25N5O4. The number of rotatable bonds is 5. The van der Waals surface area contributed by atoms with Crippen LogP contribution in [0.1, 0.15) is 34.7 Å². The van der Waals surface area contributed by atoms with E-state index in [0.717, 1.165) is 25.1 Å². The number of anilines is 1. The predicted octanol–water partition coefficient (Wildman–Crippen LogP) is 2.26. The van der Waals surface area contributed by atoms with E-state index >= 15 is 0 Å². The summed E-state index contributed by atoms with van der Waals surface area (Å²) in [4.78, 5) is 50.8. The van der Waals surface area contributed by atoms with Gasteiger partial charge in [0.25, 0.3) is 5.56 Å². The Morgan fingerprint density at radius 2 is 2.09 bits per heavy atom. The number of H-pyrrole nitrogens is 1. The van der Waals surface area contributed by atoms with Crippen molar-refractivity contribution in [2.24, 2.45) is 5.92 Å². The first-order chi connectivity index (χ1) is 15.4. The lowest BCUT2D eigenvalue weighted by Gasteiger charge is -2.31. The molecule has 1 aromatic carbocycles. The summed E-state index contributed by atoms with van der Waals surface area (Å²) in [5.41, 5.74) is 1.35. The van der Waals surface area contributed by atoms with Crippen LogP contribution < -0.4 is 10.9 Å². The second-order valence-corrected chi connectivity index (χ2v) is 7.96. The molecular weight excluding hydrogens is 410 g/mol. The molecule has 1 atom stereocenters. The number of amides is 1. The molecule has 4 rings (SSSR count). The third-order valence-corrected chi connectivity index (χ3v) is 5.57. The average molecular weight is 435 g/mol. The maximum Gasteiger partial charge on any atom is 0.337 e. The summed E-state index contributed by atoms with van der Waals surface area (Å²) in [5, 5.41) is 3.30. The number of ether oxygens (including phenoxy) is 1. The van der Waals surface area contributed by atoms with Gasteiger partial charge in [0.15, 0.2) is 0 Å². The summed E-state index contributed by atoms with van der Waals surface area (Å²) in [6, 6.07) is 10.2. The molecule has 0 radical (unpaired) electrons. The first-order valence-corrected chi connectivity index (χ1v) is 10.5. The molecule has 9 nitrogen and oxygen atoms in total. The van der Waals surface area contributed by atoms with E-state index in [1.54, 1.807) is 24.3 Å². The minimum atomic E-state index is -0.483. The Kier molecular flexibility index (Phi) is 6.27. The number of benzene rings is 1. The molecule has 2 aromatic heterocycles. The zero-order valence-electron chi connectivity index (χ0n) is 18.1. The summed E-state index contributed by atoms with van der Waals surface area (Å²) < 4.78 is 4.75. The fourth-order valence-electron chi connectivity index (χ4n) is 3.97. The zero-order valence-corrected chi connectivity index (χ0v) is 18.1. The molecule has 3 aromatic rings. The number of methoxy groups -OCH3 is 1. The molecule has 9 heteroatoms. The molecule has 1 saturated heterocycles. The van der Waals surface area contributed by atoms with Gasteiger partial charge in [-0.15, -0.1) is 0 Å². The van der Waals surface area contributed by atoms with Crippen molar-refractivity contribution in [3.05, 3.63) is 63.8 Å². The van der Waals surface area contributed by atoms with E-state index in [0.29, 0.717) is 41.2 Å². The molecule has 0 spiro atoms. The lowest BCUT2D eigenvalue weighted by molar-refractivity contribution is -0.121. The van der Waals surface area contributed by atoms with Crippen molar-refractivity contribution in [2.45, 2.75) is 26.3 Å². The summed E-state index contributed by atoms with van der Waals surface area (Å²) in [5.74, 6) is 0.322. The van der Waals surface area contributed by atoms with Gasteiger partial charge in [-0.1, -0.05) is 6.07 Å². The van der Waals surface area contributed by atoms with E-state index in [9.17, 15) is 14.4 Å². The van der Waals surface area contributed by atoms with Gasteiger partial charge in [0.2, 0.25) is 5.91 Å². The maximum absolute atomic E-state index is 12.7. The third-order valence-electron chi connectivity index (χ3n) is 5.57. The molecule has 0 saturated carbocycles. The number of hydrogen-bond acceptors (Lipinski definition) is 7. The highest BCUT2D eigenvalue weighted by atomic mass is 16.5. The molecule has 32 heavy (non-hydrogen) atoms. The van der Waals surface area contributed by atoms with Crippen LogP contribution >= 0.6 is 0 Å². The first kappa shape index (κ1) is 21.6. The Morgan fingerprint density at radius 1 is 1.25 bits per heavy atom. The minimum Gasteiger partial charge on any atom is -0.465 e. The molecule has 2 N–H and O–H groups in total. The van der Waals surface area contributed by atoms with Crippen LogP contribution in [0.4, 0.5) is 5.82 Å². The predicted molar refractivity (Wildman–Crippen MR) is 119 cm³/mol. The number of nitrogens with zero attached hydrogens (tertiary/aromatic N) is 3. The van der Waals surface area contributed by atoms with E-state index in [1.807, 2.05) is 19.1 Å². The topological polar surface area (TPSA) is 117 Å². The smallest absolute Gasteiger partial charge is 0.337 e. The largest absolute Gasteiger partial charge is 0.465 e. The number of carbonyl (C=O) groups is 2. The monoisotopic (exact) mass is 435 g/mol. The molecule has 1 amide bonds. The average Bonchev–Trinajstić information content (AvgIpc) is 2.78. The van der Waals surface area contributed by atoms with E-state index in [2.05, 4.69) is 25.2 Å². The number of aryl methyl sites for hydroxylation is 1. The maximum atomic E-state index is 12.7. The van der Waals surface area contributed by atoms with Gasteiger partial charge in [0.05, 0.1) is 36.0 Å². The fraction of sp³-hybridized carbons (Fsp3) is 0.348. The molecule has 1 fully saturated rings. The van der Waals surface area contributed by atoms with Crippen molar-refractivity contribution in [1.82, 2.24) is 19.9 Å². The number of carbonyl (C=O) groups excluding carboxylic acids is 2. The number of aromatic nitrogens is 3. The Bertz CT molecular complexity index is 1220. The van der Waals surface area contributed by atoms with Gasteiger partial charge in [-0.3, -0.25) is 14.5 Å². The van der Waals surface area contributed by atoms with Gasteiger partial charge in [-0.05, 0) is 56.6 Å². The van der Waals surface area contributed by atoms with Crippen molar-refractivity contribution >= 4 is 28.6 Å². The number of fused-ring (bicyclic) bond motifs is 1. The van der Waals surface area contributed by atoms with Crippen molar-refractivity contribution in [3.8, 4) is 0 Å². The quantitative estimate of drug-likeness (QED) is 0.590. The fourth-order valence-corrected chi connectivity index (χ4v) is 3.97. The summed E-state index contributed by atoms with van der Waals surface area (Å²) in [7, 11) is 1.31. The number of nitrogens with one attached hydrogen (secondary N) is 2. The summed E-state index contributed by atoms with van der Waals surface area (Å²) in [6.07, 6.45) is 1.65. The number of pyridine rings is 1. The number of aromatic amines is 1. The number of likely N-dealkylation sites (tertiary alicyclic amines) is 1. The highest BCUT2D eigenvalue weighted by Gasteiger charge is 2.26. The van der Waals surface area contributed by atoms with Gasteiger partial charge in [0.1, 0.15) is 11.6 Å². The third kappa shape index (κ3) is 4.83. The summed E-state index contributed by atoms with van der Waals surface area (Å²) >= 11 is 0. The Morgan fingerprint density at radius 3 is 2.88 bits per heavy atom. The molecule has 0 aliphatic carbocycles. The highest BCUT2D eigenvalue weighted by Crippen LogP contribution is 2.20. The van der Waals surface area contributed by atoms with Crippen LogP contribution in [0, 0.1) is 12.8 Å². The minimum absolute atomic E-state index is 0.0597. The highest BCUT2D eigenvalue weighted by molar-refractivity contribution is 5.94. The number of hydrogen-bond donors (Lipinski definition) is 2. The van der Waals surface area contributed by atoms with Crippen LogP contribution in [-0.2, 0) is 16.1 Å². The Hall–Kier alpha value is -3.59. The molecule has 1 aliphatic rings. The molecule has 3 heterocycles. The number of piperidine rings is 1. The molecule has 1 unspecified atom stereocenters. The van der Waals surface area contributed by atoms with Crippen LogP contribution in [0.15, 0.2) is 41.2 Å². The van der Waals surface area contributed by atoms with Gasteiger partial charge in [0, 0.05) is 12.2 Å². The first-order valence-electron chi connectivity index (χ1n) is 10.5. The standard InChI is InChI=1S/C23H25N5O4/c1-14-5-3-7-19(24-14)26-21(29)16-6-4-10-28(12-16)13-20-25-18-11-15(23(31)32-2)8-9-17(18)22(30)27-20/h3,5,7-9,11,16H,4,6,10,12-13H2,1-2H3,(H,24,26,29)(H,25,27,30).